The Morgan fingerprint density at radius 3 is 2.44 bits per heavy atom. The standard InChI is InChI=1S/C9H12/c1-4-9-6-5-7(2)8(9)3/h4-6,9H,1H2,2-3H3/t9-/m1/s1. The van der Waals surface area contributed by atoms with Crippen LogP contribution in [-0.4, -0.2) is 0 Å². The highest BCUT2D eigenvalue weighted by Crippen LogP contribution is 2.24. The fourth-order valence-electron chi connectivity index (χ4n) is 1.04. The molecule has 48 valence electrons. The molecule has 1 aliphatic rings. The average Bonchev–Trinajstić information content (AvgIpc) is 2.15. The Morgan fingerprint density at radius 2 is 2.22 bits per heavy atom. The molecule has 0 amide bonds. The second-order valence-corrected chi connectivity index (χ2v) is 2.49. The Bertz CT molecular complexity index is 182. The van der Waals surface area contributed by atoms with Crippen molar-refractivity contribution >= 4 is 0 Å². The Hall–Kier alpha value is -0.780. The Balaban J connectivity index is 2.86. The van der Waals surface area contributed by atoms with Crippen LogP contribution in [0.25, 0.3) is 0 Å². The van der Waals surface area contributed by atoms with Crippen LogP contribution in [0.15, 0.2) is 36.0 Å². The van der Waals surface area contributed by atoms with Gasteiger partial charge in [-0.2, -0.15) is 0 Å². The average molecular weight is 120 g/mol. The quantitative estimate of drug-likeness (QED) is 0.467. The van der Waals surface area contributed by atoms with Crippen molar-refractivity contribution in [2.24, 2.45) is 5.92 Å². The lowest BCUT2D eigenvalue weighted by atomic mass is 10.0. The summed E-state index contributed by atoms with van der Waals surface area (Å²) < 4.78 is 0. The summed E-state index contributed by atoms with van der Waals surface area (Å²) in [6, 6.07) is 0. The van der Waals surface area contributed by atoms with E-state index in [1.54, 1.807) is 0 Å². The van der Waals surface area contributed by atoms with Gasteiger partial charge in [-0.25, -0.2) is 0 Å². The summed E-state index contributed by atoms with van der Waals surface area (Å²) >= 11 is 0. The molecular formula is C9H12. The molecule has 0 unspecified atom stereocenters. The first-order chi connectivity index (χ1) is 4.25. The van der Waals surface area contributed by atoms with Crippen LogP contribution in [0.4, 0.5) is 0 Å². The fourth-order valence-corrected chi connectivity index (χ4v) is 1.04. The maximum Gasteiger partial charge on any atom is 0.0160 e. The molecule has 0 saturated carbocycles. The highest BCUT2D eigenvalue weighted by molar-refractivity contribution is 5.36. The number of hydrogen-bond acceptors (Lipinski definition) is 0. The van der Waals surface area contributed by atoms with Crippen LogP contribution < -0.4 is 0 Å². The van der Waals surface area contributed by atoms with Crippen LogP contribution in [0.1, 0.15) is 13.8 Å². The van der Waals surface area contributed by atoms with Crippen molar-refractivity contribution in [2.45, 2.75) is 13.8 Å². The van der Waals surface area contributed by atoms with Crippen LogP contribution in [0.3, 0.4) is 0 Å². The van der Waals surface area contributed by atoms with E-state index in [1.807, 2.05) is 6.08 Å². The van der Waals surface area contributed by atoms with Crippen molar-refractivity contribution in [1.29, 1.82) is 0 Å². The molecule has 0 aromatic heterocycles. The molecule has 0 aromatic carbocycles. The molecule has 0 aliphatic heterocycles. The van der Waals surface area contributed by atoms with Crippen molar-refractivity contribution in [3.05, 3.63) is 36.0 Å². The summed E-state index contributed by atoms with van der Waals surface area (Å²) in [7, 11) is 0. The molecule has 0 N–H and O–H groups in total. The second-order valence-electron chi connectivity index (χ2n) is 2.49. The van der Waals surface area contributed by atoms with E-state index in [1.165, 1.54) is 11.1 Å². The van der Waals surface area contributed by atoms with Crippen molar-refractivity contribution in [3.63, 3.8) is 0 Å². The molecule has 9 heavy (non-hydrogen) atoms. The predicted octanol–water partition coefficient (Wildman–Crippen LogP) is 2.69. The summed E-state index contributed by atoms with van der Waals surface area (Å²) in [6.45, 7) is 8.03. The van der Waals surface area contributed by atoms with E-state index in [0.717, 1.165) is 0 Å². The normalized spacial score (nSPS) is 25.3. The van der Waals surface area contributed by atoms with Crippen molar-refractivity contribution < 1.29 is 0 Å². The summed E-state index contributed by atoms with van der Waals surface area (Å²) in [5, 5.41) is 0. The van der Waals surface area contributed by atoms with Gasteiger partial charge in [0, 0.05) is 5.92 Å². The second kappa shape index (κ2) is 2.22. The Kier molecular flexibility index (Phi) is 1.56. The van der Waals surface area contributed by atoms with Gasteiger partial charge in [-0.15, -0.1) is 6.58 Å². The Morgan fingerprint density at radius 1 is 1.56 bits per heavy atom. The molecule has 1 rings (SSSR count). The van der Waals surface area contributed by atoms with Crippen LogP contribution >= 0.6 is 0 Å². The minimum atomic E-state index is 0.505. The first-order valence-electron chi connectivity index (χ1n) is 3.24. The van der Waals surface area contributed by atoms with Crippen molar-refractivity contribution in [2.75, 3.05) is 0 Å². The molecule has 0 fully saturated rings. The van der Waals surface area contributed by atoms with E-state index in [0.29, 0.717) is 5.92 Å². The van der Waals surface area contributed by atoms with Gasteiger partial charge in [-0.1, -0.05) is 29.4 Å². The fraction of sp³-hybridized carbons (Fsp3) is 0.333. The van der Waals surface area contributed by atoms with Crippen LogP contribution in [0.5, 0.6) is 0 Å². The molecule has 0 spiro atoms. The smallest absolute Gasteiger partial charge is 0.0160 e. The SMILES string of the molecule is C=C[C@@H]1C=CC(C)=C1C. The number of rotatable bonds is 1. The highest BCUT2D eigenvalue weighted by Gasteiger charge is 2.08. The van der Waals surface area contributed by atoms with Gasteiger partial charge in [-0.3, -0.25) is 0 Å². The maximum atomic E-state index is 3.74. The van der Waals surface area contributed by atoms with E-state index in [4.69, 9.17) is 0 Å². The predicted molar refractivity (Wildman–Crippen MR) is 41.2 cm³/mol. The van der Waals surface area contributed by atoms with Gasteiger partial charge >= 0.3 is 0 Å². The summed E-state index contributed by atoms with van der Waals surface area (Å²) in [4.78, 5) is 0. The van der Waals surface area contributed by atoms with Gasteiger partial charge < -0.3 is 0 Å². The van der Waals surface area contributed by atoms with Crippen LogP contribution in [-0.2, 0) is 0 Å². The molecular weight excluding hydrogens is 108 g/mol. The summed E-state index contributed by atoms with van der Waals surface area (Å²) in [5.41, 5.74) is 2.82. The third-order valence-corrected chi connectivity index (χ3v) is 1.93. The third kappa shape index (κ3) is 0.973. The van der Waals surface area contributed by atoms with E-state index in [2.05, 4.69) is 32.6 Å². The minimum absolute atomic E-state index is 0.505. The molecule has 0 heterocycles. The number of hydrogen-bond donors (Lipinski definition) is 0. The molecule has 0 heteroatoms. The summed E-state index contributed by atoms with van der Waals surface area (Å²) in [6.07, 6.45) is 6.31. The molecule has 0 radical (unpaired) electrons. The molecule has 0 saturated heterocycles. The van der Waals surface area contributed by atoms with Crippen LogP contribution in [0, 0.1) is 5.92 Å². The van der Waals surface area contributed by atoms with Crippen molar-refractivity contribution in [3.8, 4) is 0 Å². The van der Waals surface area contributed by atoms with Crippen LogP contribution in [0.2, 0.25) is 0 Å². The highest BCUT2D eigenvalue weighted by atomic mass is 14.1. The zero-order valence-corrected chi connectivity index (χ0v) is 6.02. The van der Waals surface area contributed by atoms with E-state index >= 15 is 0 Å². The lowest BCUT2D eigenvalue weighted by Gasteiger charge is -2.01. The minimum Gasteiger partial charge on any atom is -0.102 e. The molecule has 1 aliphatic carbocycles. The first kappa shape index (κ1) is 6.34. The van der Waals surface area contributed by atoms with Crippen molar-refractivity contribution in [1.82, 2.24) is 0 Å². The van der Waals surface area contributed by atoms with Gasteiger partial charge in [0.1, 0.15) is 0 Å². The lowest BCUT2D eigenvalue weighted by molar-refractivity contribution is 0.985. The summed E-state index contributed by atoms with van der Waals surface area (Å²) in [5.74, 6) is 0.505. The van der Waals surface area contributed by atoms with Gasteiger partial charge in [0.2, 0.25) is 0 Å². The molecule has 0 aromatic rings. The zero-order chi connectivity index (χ0) is 6.85. The largest absolute Gasteiger partial charge is 0.102 e. The van der Waals surface area contributed by atoms with E-state index in [9.17, 15) is 0 Å². The van der Waals surface area contributed by atoms with Gasteiger partial charge in [0.05, 0.1) is 0 Å². The first-order valence-corrected chi connectivity index (χ1v) is 3.24. The van der Waals surface area contributed by atoms with Gasteiger partial charge in [0.25, 0.3) is 0 Å². The topological polar surface area (TPSA) is 0 Å². The Labute approximate surface area is 56.6 Å². The van der Waals surface area contributed by atoms with Gasteiger partial charge in [-0.05, 0) is 13.8 Å². The molecule has 0 nitrogen and oxygen atoms in total. The monoisotopic (exact) mass is 120 g/mol. The van der Waals surface area contributed by atoms with E-state index in [-0.39, 0.29) is 0 Å². The lowest BCUT2D eigenvalue weighted by Crippen LogP contribution is -1.88. The zero-order valence-electron chi connectivity index (χ0n) is 6.02. The molecule has 0 bridgehead atoms. The van der Waals surface area contributed by atoms with E-state index < -0.39 is 0 Å². The van der Waals surface area contributed by atoms with Gasteiger partial charge in [0.15, 0.2) is 0 Å². The number of allylic oxidation sites excluding steroid dienone is 5. The third-order valence-electron chi connectivity index (χ3n) is 1.93. The maximum absolute atomic E-state index is 3.74. The molecule has 1 atom stereocenters.